The predicted molar refractivity (Wildman–Crippen MR) is 64.2 cm³/mol. The van der Waals surface area contributed by atoms with Crippen LogP contribution < -0.4 is 10.6 Å². The van der Waals surface area contributed by atoms with Crippen LogP contribution in [0.4, 0.5) is 6.01 Å². The highest BCUT2D eigenvalue weighted by Crippen LogP contribution is 2.22. The first-order valence-corrected chi connectivity index (χ1v) is 5.73. The van der Waals surface area contributed by atoms with E-state index in [1.54, 1.807) is 0 Å². The lowest BCUT2D eigenvalue weighted by Crippen LogP contribution is -2.30. The van der Waals surface area contributed by atoms with Crippen LogP contribution in [-0.4, -0.2) is 22.8 Å². The maximum Gasteiger partial charge on any atom is 0.315 e. The summed E-state index contributed by atoms with van der Waals surface area (Å²) in [6, 6.07) is 0.773. The van der Waals surface area contributed by atoms with Gasteiger partial charge in [-0.1, -0.05) is 32.8 Å². The van der Waals surface area contributed by atoms with Crippen molar-refractivity contribution in [3.05, 3.63) is 5.89 Å². The first-order chi connectivity index (χ1) is 7.43. The van der Waals surface area contributed by atoms with Gasteiger partial charge in [-0.3, -0.25) is 0 Å². The predicted octanol–water partition coefficient (Wildman–Crippen LogP) is 2.03. The van der Waals surface area contributed by atoms with E-state index in [-0.39, 0.29) is 11.5 Å². The second kappa shape index (κ2) is 5.30. The van der Waals surface area contributed by atoms with Crippen molar-refractivity contribution in [2.24, 2.45) is 5.41 Å². The maximum absolute atomic E-state index is 5.46. The zero-order valence-corrected chi connectivity index (χ0v) is 10.8. The molecule has 0 saturated carbocycles. The lowest BCUT2D eigenvalue weighted by molar-refractivity contribution is 0.350. The Morgan fingerprint density at radius 3 is 2.56 bits per heavy atom. The van der Waals surface area contributed by atoms with E-state index < -0.39 is 0 Å². The molecule has 1 aromatic heterocycles. The summed E-state index contributed by atoms with van der Waals surface area (Å²) in [6.45, 7) is 12.2. The number of hydrogen-bond donors (Lipinski definition) is 2. The van der Waals surface area contributed by atoms with Crippen LogP contribution in [0.1, 0.15) is 40.5 Å². The van der Waals surface area contributed by atoms with Gasteiger partial charge in [0.15, 0.2) is 0 Å². The Morgan fingerprint density at radius 1 is 1.31 bits per heavy atom. The Balaban J connectivity index is 2.52. The second-order valence-electron chi connectivity index (χ2n) is 5.01. The minimum atomic E-state index is 0.163. The molecule has 1 atom stereocenters. The smallest absolute Gasteiger partial charge is 0.315 e. The standard InChI is InChI=1S/C11H22N4O/c1-6-12-7-9-14-15-10(16-9)13-8(2)11(3,4)5/h8,12H,6-7H2,1-5H3,(H,13,15). The van der Waals surface area contributed by atoms with Crippen LogP contribution in [0.25, 0.3) is 0 Å². The van der Waals surface area contributed by atoms with Crippen LogP contribution in [0.2, 0.25) is 0 Å². The first-order valence-electron chi connectivity index (χ1n) is 5.73. The fourth-order valence-electron chi connectivity index (χ4n) is 1.02. The molecule has 1 unspecified atom stereocenters. The molecule has 0 radical (unpaired) electrons. The highest BCUT2D eigenvalue weighted by atomic mass is 16.4. The molecule has 92 valence electrons. The minimum absolute atomic E-state index is 0.163. The lowest BCUT2D eigenvalue weighted by Gasteiger charge is -2.26. The number of aromatic nitrogens is 2. The Bertz CT molecular complexity index is 316. The number of hydrogen-bond acceptors (Lipinski definition) is 5. The van der Waals surface area contributed by atoms with Gasteiger partial charge >= 0.3 is 6.01 Å². The van der Waals surface area contributed by atoms with Gasteiger partial charge in [0, 0.05) is 6.04 Å². The average Bonchev–Trinajstić information content (AvgIpc) is 2.61. The van der Waals surface area contributed by atoms with Crippen LogP contribution in [0.3, 0.4) is 0 Å². The van der Waals surface area contributed by atoms with Gasteiger partial charge < -0.3 is 15.1 Å². The SMILES string of the molecule is CCNCc1nnc(NC(C)C(C)(C)C)o1. The highest BCUT2D eigenvalue weighted by Gasteiger charge is 2.21. The van der Waals surface area contributed by atoms with Gasteiger partial charge in [0.05, 0.1) is 6.54 Å². The van der Waals surface area contributed by atoms with Gasteiger partial charge in [-0.05, 0) is 18.9 Å². The molecule has 5 heteroatoms. The molecule has 0 aliphatic carbocycles. The Morgan fingerprint density at radius 2 is 2.00 bits per heavy atom. The third-order valence-electron chi connectivity index (χ3n) is 2.63. The molecule has 0 spiro atoms. The van der Waals surface area contributed by atoms with Gasteiger partial charge in [-0.25, -0.2) is 0 Å². The number of rotatable bonds is 5. The van der Waals surface area contributed by atoms with Crippen LogP contribution >= 0.6 is 0 Å². The molecule has 0 amide bonds. The molecule has 0 bridgehead atoms. The summed E-state index contributed by atoms with van der Waals surface area (Å²) >= 11 is 0. The molecule has 0 fully saturated rings. The van der Waals surface area contributed by atoms with Crippen LogP contribution in [0, 0.1) is 5.41 Å². The molecule has 0 aromatic carbocycles. The van der Waals surface area contributed by atoms with Crippen molar-refractivity contribution in [2.75, 3.05) is 11.9 Å². The Hall–Kier alpha value is -1.10. The number of anilines is 1. The molecule has 0 aliphatic heterocycles. The zero-order chi connectivity index (χ0) is 12.2. The van der Waals surface area contributed by atoms with E-state index in [2.05, 4.69) is 48.5 Å². The first kappa shape index (κ1) is 13.0. The minimum Gasteiger partial charge on any atom is -0.407 e. The number of nitrogens with zero attached hydrogens (tertiary/aromatic N) is 2. The van der Waals surface area contributed by atoms with Crippen molar-refractivity contribution in [1.82, 2.24) is 15.5 Å². The van der Waals surface area contributed by atoms with Crippen molar-refractivity contribution in [1.29, 1.82) is 0 Å². The van der Waals surface area contributed by atoms with Crippen molar-refractivity contribution in [2.45, 2.75) is 47.2 Å². The largest absolute Gasteiger partial charge is 0.407 e. The van der Waals surface area contributed by atoms with Gasteiger partial charge in [0.1, 0.15) is 0 Å². The average molecular weight is 226 g/mol. The third-order valence-corrected chi connectivity index (χ3v) is 2.63. The van der Waals surface area contributed by atoms with Crippen LogP contribution in [0.15, 0.2) is 4.42 Å². The molecular weight excluding hydrogens is 204 g/mol. The highest BCUT2D eigenvalue weighted by molar-refractivity contribution is 5.20. The summed E-state index contributed by atoms with van der Waals surface area (Å²) in [5.74, 6) is 0.616. The molecule has 0 aliphatic rings. The lowest BCUT2D eigenvalue weighted by atomic mass is 9.88. The number of nitrogens with one attached hydrogen (secondary N) is 2. The molecule has 16 heavy (non-hydrogen) atoms. The molecular formula is C11H22N4O. The zero-order valence-electron chi connectivity index (χ0n) is 10.8. The van der Waals surface area contributed by atoms with Gasteiger partial charge in [-0.2, -0.15) is 0 Å². The van der Waals surface area contributed by atoms with E-state index >= 15 is 0 Å². The van der Waals surface area contributed by atoms with Crippen molar-refractivity contribution >= 4 is 6.01 Å². The monoisotopic (exact) mass is 226 g/mol. The maximum atomic E-state index is 5.46. The fraction of sp³-hybridized carbons (Fsp3) is 0.818. The summed E-state index contributed by atoms with van der Waals surface area (Å²) < 4.78 is 5.46. The molecule has 1 aromatic rings. The topological polar surface area (TPSA) is 63.0 Å². The van der Waals surface area contributed by atoms with E-state index in [4.69, 9.17) is 4.42 Å². The second-order valence-corrected chi connectivity index (χ2v) is 5.01. The van der Waals surface area contributed by atoms with Crippen molar-refractivity contribution in [3.8, 4) is 0 Å². The normalized spacial score (nSPS) is 13.8. The quantitative estimate of drug-likeness (QED) is 0.804. The van der Waals surface area contributed by atoms with E-state index in [1.807, 2.05) is 6.92 Å². The van der Waals surface area contributed by atoms with Gasteiger partial charge in [0.25, 0.3) is 0 Å². The molecule has 2 N–H and O–H groups in total. The van der Waals surface area contributed by atoms with Gasteiger partial charge in [-0.15, -0.1) is 5.10 Å². The van der Waals surface area contributed by atoms with E-state index in [9.17, 15) is 0 Å². The van der Waals surface area contributed by atoms with E-state index in [0.717, 1.165) is 6.54 Å². The van der Waals surface area contributed by atoms with Crippen LogP contribution in [-0.2, 0) is 6.54 Å². The van der Waals surface area contributed by atoms with Crippen molar-refractivity contribution in [3.63, 3.8) is 0 Å². The van der Waals surface area contributed by atoms with E-state index in [1.165, 1.54) is 0 Å². The third kappa shape index (κ3) is 3.81. The summed E-state index contributed by atoms with van der Waals surface area (Å²) in [7, 11) is 0. The summed E-state index contributed by atoms with van der Waals surface area (Å²) in [5.41, 5.74) is 0.163. The fourth-order valence-corrected chi connectivity index (χ4v) is 1.02. The van der Waals surface area contributed by atoms with Crippen LogP contribution in [0.5, 0.6) is 0 Å². The Kier molecular flexibility index (Phi) is 4.29. The Labute approximate surface area is 97.0 Å². The molecule has 1 rings (SSSR count). The summed E-state index contributed by atoms with van der Waals surface area (Å²) in [4.78, 5) is 0. The summed E-state index contributed by atoms with van der Waals surface area (Å²) in [5, 5.41) is 14.2. The molecule has 1 heterocycles. The van der Waals surface area contributed by atoms with Gasteiger partial charge in [0.2, 0.25) is 5.89 Å². The molecule has 5 nitrogen and oxygen atoms in total. The summed E-state index contributed by atoms with van der Waals surface area (Å²) in [6.07, 6.45) is 0. The van der Waals surface area contributed by atoms with Crippen molar-refractivity contribution < 1.29 is 4.42 Å². The van der Waals surface area contributed by atoms with E-state index in [0.29, 0.717) is 18.5 Å². The molecule has 0 saturated heterocycles.